The van der Waals surface area contributed by atoms with Gasteiger partial charge in [0.05, 0.1) is 46.0 Å². The SMILES string of the molecule is COc1nc(-c2cccc(-c3cccc(Nc4nc(C(F)F)cc5cnn(C)c(=O)c45)c3Cl)c2Cl)cc2c1CCC2.O=C(O)C1C2CNCC21. The van der Waals surface area contributed by atoms with Crippen LogP contribution in [0, 0.1) is 17.8 Å². The van der Waals surface area contributed by atoms with E-state index in [-0.39, 0.29) is 27.5 Å². The molecule has 4 heterocycles. The molecule has 3 N–H and O–H groups in total. The van der Waals surface area contributed by atoms with E-state index in [2.05, 4.69) is 26.8 Å². The van der Waals surface area contributed by atoms with Crippen LogP contribution in [0.5, 0.6) is 5.88 Å². The Morgan fingerprint density at radius 1 is 1.04 bits per heavy atom. The van der Waals surface area contributed by atoms with Crippen molar-refractivity contribution in [3.8, 4) is 28.3 Å². The number of carboxylic acids is 1. The molecule has 2 aromatic carbocycles. The highest BCUT2D eigenvalue weighted by molar-refractivity contribution is 6.39. The van der Waals surface area contributed by atoms with Crippen molar-refractivity contribution in [1.29, 1.82) is 0 Å². The fraction of sp³-hybridized carbons (Fsp3) is 0.306. The van der Waals surface area contributed by atoms with Gasteiger partial charge in [-0.15, -0.1) is 0 Å². The average Bonchev–Trinajstić information content (AvgIpc) is 3.37. The molecular weight excluding hydrogens is 689 g/mol. The number of carboxylic acid groups (broad SMARTS) is 1. The molecule has 14 heteroatoms. The molecule has 8 rings (SSSR count). The molecule has 258 valence electrons. The number of fused-ring (bicyclic) bond motifs is 3. The summed E-state index contributed by atoms with van der Waals surface area (Å²) in [6.07, 6.45) is 1.43. The normalized spacial score (nSPS) is 18.7. The first kappa shape index (κ1) is 33.8. The van der Waals surface area contributed by atoms with Gasteiger partial charge in [0.2, 0.25) is 5.88 Å². The van der Waals surface area contributed by atoms with Crippen LogP contribution in [0.4, 0.5) is 20.3 Å². The molecule has 5 aromatic rings. The number of nitrogens with zero attached hydrogens (tertiary/aromatic N) is 4. The minimum atomic E-state index is -2.85. The van der Waals surface area contributed by atoms with Gasteiger partial charge in [-0.25, -0.2) is 23.4 Å². The van der Waals surface area contributed by atoms with E-state index in [1.54, 1.807) is 25.3 Å². The number of carbonyl (C=O) groups is 1. The molecule has 1 saturated heterocycles. The number of hydrogen-bond acceptors (Lipinski definition) is 8. The number of aliphatic carboxylic acids is 1. The molecule has 2 unspecified atom stereocenters. The first-order valence-corrected chi connectivity index (χ1v) is 16.8. The monoisotopic (exact) mass is 720 g/mol. The van der Waals surface area contributed by atoms with Crippen molar-refractivity contribution < 1.29 is 23.4 Å². The van der Waals surface area contributed by atoms with Crippen molar-refractivity contribution in [2.24, 2.45) is 24.8 Å². The molecular formula is C36H32Cl2F2N6O4. The second-order valence-electron chi connectivity index (χ2n) is 12.6. The number of benzene rings is 2. The van der Waals surface area contributed by atoms with Crippen molar-refractivity contribution >= 4 is 51.4 Å². The molecule has 0 radical (unpaired) electrons. The zero-order chi connectivity index (χ0) is 35.3. The highest BCUT2D eigenvalue weighted by Crippen LogP contribution is 2.48. The molecule has 2 aliphatic carbocycles. The number of ether oxygens (including phenoxy) is 1. The summed E-state index contributed by atoms with van der Waals surface area (Å²) in [5.74, 6) is 0.865. The summed E-state index contributed by atoms with van der Waals surface area (Å²) < 4.78 is 34.0. The molecule has 50 heavy (non-hydrogen) atoms. The summed E-state index contributed by atoms with van der Waals surface area (Å²) in [7, 11) is 3.09. The quantitative estimate of drug-likeness (QED) is 0.161. The molecule has 3 aliphatic rings. The van der Waals surface area contributed by atoms with Gasteiger partial charge in [0.15, 0.2) is 0 Å². The molecule has 3 aromatic heterocycles. The summed E-state index contributed by atoms with van der Waals surface area (Å²) in [6, 6.07) is 14.0. The van der Waals surface area contributed by atoms with E-state index in [4.69, 9.17) is 38.0 Å². The number of aryl methyl sites for hydroxylation is 2. The van der Waals surface area contributed by atoms with Gasteiger partial charge in [-0.3, -0.25) is 9.59 Å². The predicted molar refractivity (Wildman–Crippen MR) is 188 cm³/mol. The smallest absolute Gasteiger partial charge is 0.307 e. The summed E-state index contributed by atoms with van der Waals surface area (Å²) in [4.78, 5) is 32.0. The van der Waals surface area contributed by atoms with Gasteiger partial charge in [0.25, 0.3) is 12.0 Å². The van der Waals surface area contributed by atoms with Crippen molar-refractivity contribution in [2.75, 3.05) is 25.5 Å². The van der Waals surface area contributed by atoms with Gasteiger partial charge in [0, 0.05) is 34.7 Å². The maximum Gasteiger partial charge on any atom is 0.307 e. The van der Waals surface area contributed by atoms with Crippen LogP contribution in [0.1, 0.15) is 29.7 Å². The van der Waals surface area contributed by atoms with Crippen LogP contribution in [0.15, 0.2) is 59.5 Å². The molecule has 1 aliphatic heterocycles. The summed E-state index contributed by atoms with van der Waals surface area (Å²) in [5, 5.41) is 19.7. The Bertz CT molecular complexity index is 2200. The lowest BCUT2D eigenvalue weighted by molar-refractivity contribution is -0.139. The maximum atomic E-state index is 13.7. The van der Waals surface area contributed by atoms with Gasteiger partial charge >= 0.3 is 5.97 Å². The zero-order valence-corrected chi connectivity index (χ0v) is 28.5. The number of hydrogen-bond donors (Lipinski definition) is 3. The average molecular weight is 722 g/mol. The van der Waals surface area contributed by atoms with Gasteiger partial charge in [-0.05, 0) is 68.0 Å². The van der Waals surface area contributed by atoms with E-state index in [0.717, 1.165) is 54.2 Å². The molecule has 2 fully saturated rings. The van der Waals surface area contributed by atoms with Crippen molar-refractivity contribution in [3.63, 3.8) is 0 Å². The summed E-state index contributed by atoms with van der Waals surface area (Å²) >= 11 is 13.9. The number of nitrogens with one attached hydrogen (secondary N) is 2. The van der Waals surface area contributed by atoms with Crippen LogP contribution in [0.2, 0.25) is 10.0 Å². The number of methoxy groups -OCH3 is 1. The van der Waals surface area contributed by atoms with Gasteiger partial charge in [-0.2, -0.15) is 5.10 Å². The molecule has 10 nitrogen and oxygen atoms in total. The first-order chi connectivity index (χ1) is 24.1. The summed E-state index contributed by atoms with van der Waals surface area (Å²) in [5.41, 5.74) is 4.39. The van der Waals surface area contributed by atoms with Crippen molar-refractivity contribution in [1.82, 2.24) is 25.1 Å². The topological polar surface area (TPSA) is 131 Å². The minimum Gasteiger partial charge on any atom is -0.481 e. The van der Waals surface area contributed by atoms with Crippen LogP contribution in [0.25, 0.3) is 33.2 Å². The number of piperidine rings is 1. The van der Waals surface area contributed by atoms with Gasteiger partial charge < -0.3 is 20.5 Å². The third kappa shape index (κ3) is 6.16. The van der Waals surface area contributed by atoms with Crippen LogP contribution in [-0.4, -0.2) is 51.0 Å². The number of halogens is 4. The zero-order valence-electron chi connectivity index (χ0n) is 27.0. The molecule has 1 saturated carbocycles. The highest BCUT2D eigenvalue weighted by Gasteiger charge is 2.57. The van der Waals surface area contributed by atoms with Crippen molar-refractivity contribution in [3.05, 3.63) is 91.9 Å². The fourth-order valence-electron chi connectivity index (χ4n) is 7.02. The van der Waals surface area contributed by atoms with Crippen molar-refractivity contribution in [2.45, 2.75) is 25.7 Å². The Kier molecular flexibility index (Phi) is 9.19. The Morgan fingerprint density at radius 3 is 2.42 bits per heavy atom. The Balaban J connectivity index is 0.000000375. The lowest BCUT2D eigenvalue weighted by Gasteiger charge is -2.16. The molecule has 0 amide bonds. The number of anilines is 2. The van der Waals surface area contributed by atoms with Crippen LogP contribution < -0.4 is 20.9 Å². The van der Waals surface area contributed by atoms with E-state index < -0.39 is 23.6 Å². The number of alkyl halides is 2. The number of aromatic nitrogens is 4. The second-order valence-corrected chi connectivity index (χ2v) is 13.3. The minimum absolute atomic E-state index is 0.00810. The van der Waals surface area contributed by atoms with E-state index in [1.165, 1.54) is 18.8 Å². The second kappa shape index (κ2) is 13.6. The van der Waals surface area contributed by atoms with E-state index >= 15 is 0 Å². The van der Waals surface area contributed by atoms with Crippen LogP contribution in [-0.2, 0) is 24.7 Å². The molecule has 2 atom stereocenters. The Hall–Kier alpha value is -4.65. The van der Waals surface area contributed by atoms with E-state index in [9.17, 15) is 18.4 Å². The lowest BCUT2D eigenvalue weighted by atomic mass is 9.99. The molecule has 0 spiro atoms. The summed E-state index contributed by atoms with van der Waals surface area (Å²) in [6.45, 7) is 1.84. The largest absolute Gasteiger partial charge is 0.481 e. The first-order valence-electron chi connectivity index (χ1n) is 16.1. The highest BCUT2D eigenvalue weighted by atomic mass is 35.5. The van der Waals surface area contributed by atoms with Gasteiger partial charge in [-0.1, -0.05) is 53.5 Å². The Labute approximate surface area is 295 Å². The third-order valence-electron chi connectivity index (χ3n) is 9.61. The maximum absolute atomic E-state index is 13.7. The van der Waals surface area contributed by atoms with Gasteiger partial charge in [0.1, 0.15) is 11.5 Å². The standard InChI is InChI=1S/C30H23Cl2F2N5O2.C6H9NO2/c1-39-30(40)24-16(14-35-39)13-23(27(33)34)37-28(24)36-21-11-5-9-19(26(21)32)18-8-4-10-20(25(18)31)22-12-15-6-3-7-17(15)29(38-22)41-2;8-6(9)5-3-1-7-2-4(3)5/h4-5,8-14,27H,3,6-7H2,1-2H3,(H,36,37);3-5,7H,1-2H2,(H,8,9). The predicted octanol–water partition coefficient (Wildman–Crippen LogP) is 7.08. The lowest BCUT2D eigenvalue weighted by Crippen LogP contribution is -2.20. The fourth-order valence-corrected chi connectivity index (χ4v) is 7.62. The Morgan fingerprint density at radius 2 is 1.74 bits per heavy atom. The van der Waals surface area contributed by atoms with E-state index in [1.807, 2.05) is 18.2 Å². The third-order valence-corrected chi connectivity index (χ3v) is 10.4. The van der Waals surface area contributed by atoms with Crippen LogP contribution in [0.3, 0.4) is 0 Å². The number of pyridine rings is 2. The van der Waals surface area contributed by atoms with E-state index in [0.29, 0.717) is 45.2 Å². The number of rotatable bonds is 7. The molecule has 0 bridgehead atoms. The van der Waals surface area contributed by atoms with Crippen LogP contribution >= 0.6 is 23.2 Å².